The Balaban J connectivity index is 2.60. The SMILES string of the molecule is CC(C)(C)CCn1ncc(OCCCN)cc1=O. The minimum atomic E-state index is -0.121. The van der Waals surface area contributed by atoms with Gasteiger partial charge in [0, 0.05) is 12.6 Å². The van der Waals surface area contributed by atoms with Crippen molar-refractivity contribution in [2.24, 2.45) is 11.1 Å². The maximum Gasteiger partial charge on any atom is 0.270 e. The second-order valence-corrected chi connectivity index (χ2v) is 5.55. The monoisotopic (exact) mass is 253 g/mol. The van der Waals surface area contributed by atoms with Gasteiger partial charge in [0.25, 0.3) is 5.56 Å². The zero-order valence-corrected chi connectivity index (χ0v) is 11.5. The molecule has 0 aliphatic carbocycles. The summed E-state index contributed by atoms with van der Waals surface area (Å²) in [5, 5.41) is 4.11. The lowest BCUT2D eigenvalue weighted by molar-refractivity contribution is 0.305. The Morgan fingerprint density at radius 1 is 1.44 bits per heavy atom. The highest BCUT2D eigenvalue weighted by Crippen LogP contribution is 2.18. The minimum absolute atomic E-state index is 0.121. The maximum absolute atomic E-state index is 11.8. The van der Waals surface area contributed by atoms with E-state index in [2.05, 4.69) is 25.9 Å². The molecule has 1 heterocycles. The fourth-order valence-corrected chi connectivity index (χ4v) is 1.38. The first-order valence-electron chi connectivity index (χ1n) is 6.32. The molecule has 0 saturated heterocycles. The number of hydrogen-bond acceptors (Lipinski definition) is 4. The quantitative estimate of drug-likeness (QED) is 0.778. The largest absolute Gasteiger partial charge is 0.492 e. The molecular formula is C13H23N3O2. The third kappa shape index (κ3) is 5.31. The highest BCUT2D eigenvalue weighted by molar-refractivity contribution is 5.13. The first-order valence-corrected chi connectivity index (χ1v) is 6.32. The molecule has 0 aliphatic heterocycles. The Bertz CT molecular complexity index is 421. The lowest BCUT2D eigenvalue weighted by Crippen LogP contribution is -2.24. The molecule has 0 unspecified atom stereocenters. The third-order valence-corrected chi connectivity index (χ3v) is 2.54. The Hall–Kier alpha value is -1.36. The van der Waals surface area contributed by atoms with Gasteiger partial charge in [0.05, 0.1) is 12.8 Å². The summed E-state index contributed by atoms with van der Waals surface area (Å²) in [4.78, 5) is 11.8. The van der Waals surface area contributed by atoms with Gasteiger partial charge in [0.2, 0.25) is 0 Å². The van der Waals surface area contributed by atoms with Crippen molar-refractivity contribution in [3.05, 3.63) is 22.6 Å². The first kappa shape index (κ1) is 14.7. The zero-order valence-electron chi connectivity index (χ0n) is 11.5. The summed E-state index contributed by atoms with van der Waals surface area (Å²) in [6.45, 7) is 8.15. The molecule has 0 atom stereocenters. The molecule has 0 aromatic carbocycles. The van der Waals surface area contributed by atoms with E-state index in [0.29, 0.717) is 25.4 Å². The predicted octanol–water partition coefficient (Wildman–Crippen LogP) is 1.41. The Morgan fingerprint density at radius 3 is 2.72 bits per heavy atom. The molecule has 1 aromatic heterocycles. The average Bonchev–Trinajstić information content (AvgIpc) is 2.27. The van der Waals surface area contributed by atoms with Crippen molar-refractivity contribution >= 4 is 0 Å². The number of nitrogens with zero attached hydrogens (tertiary/aromatic N) is 2. The first-order chi connectivity index (χ1) is 8.42. The van der Waals surface area contributed by atoms with Gasteiger partial charge >= 0.3 is 0 Å². The van der Waals surface area contributed by atoms with Crippen LogP contribution in [-0.4, -0.2) is 22.9 Å². The smallest absolute Gasteiger partial charge is 0.270 e. The van der Waals surface area contributed by atoms with Crippen LogP contribution in [0.25, 0.3) is 0 Å². The van der Waals surface area contributed by atoms with Gasteiger partial charge in [-0.05, 0) is 24.8 Å². The van der Waals surface area contributed by atoms with E-state index < -0.39 is 0 Å². The van der Waals surface area contributed by atoms with Crippen molar-refractivity contribution in [3.8, 4) is 5.75 Å². The van der Waals surface area contributed by atoms with E-state index in [-0.39, 0.29) is 11.0 Å². The van der Waals surface area contributed by atoms with Crippen LogP contribution in [-0.2, 0) is 6.54 Å². The highest BCUT2D eigenvalue weighted by Gasteiger charge is 2.11. The molecule has 0 radical (unpaired) electrons. The van der Waals surface area contributed by atoms with Gasteiger partial charge < -0.3 is 10.5 Å². The van der Waals surface area contributed by atoms with Gasteiger partial charge in [0.15, 0.2) is 0 Å². The highest BCUT2D eigenvalue weighted by atomic mass is 16.5. The van der Waals surface area contributed by atoms with Crippen LogP contribution in [0.5, 0.6) is 5.75 Å². The number of aromatic nitrogens is 2. The molecule has 0 bridgehead atoms. The molecule has 0 amide bonds. The molecule has 0 aliphatic rings. The fourth-order valence-electron chi connectivity index (χ4n) is 1.38. The van der Waals surface area contributed by atoms with Crippen molar-refractivity contribution in [2.75, 3.05) is 13.2 Å². The van der Waals surface area contributed by atoms with Gasteiger partial charge in [0.1, 0.15) is 5.75 Å². The molecule has 0 spiro atoms. The molecule has 0 fully saturated rings. The molecule has 2 N–H and O–H groups in total. The Morgan fingerprint density at radius 2 is 2.17 bits per heavy atom. The minimum Gasteiger partial charge on any atom is -0.492 e. The van der Waals surface area contributed by atoms with E-state index in [4.69, 9.17) is 10.5 Å². The topological polar surface area (TPSA) is 70.1 Å². The lowest BCUT2D eigenvalue weighted by atomic mass is 9.92. The average molecular weight is 253 g/mol. The molecule has 18 heavy (non-hydrogen) atoms. The predicted molar refractivity (Wildman–Crippen MR) is 71.7 cm³/mol. The van der Waals surface area contributed by atoms with Crippen LogP contribution in [0.1, 0.15) is 33.6 Å². The van der Waals surface area contributed by atoms with Gasteiger partial charge in [-0.3, -0.25) is 4.79 Å². The summed E-state index contributed by atoms with van der Waals surface area (Å²) in [5.74, 6) is 0.514. The van der Waals surface area contributed by atoms with Crippen LogP contribution < -0.4 is 16.0 Å². The van der Waals surface area contributed by atoms with Crippen LogP contribution in [0.2, 0.25) is 0 Å². The molecule has 102 valence electrons. The summed E-state index contributed by atoms with van der Waals surface area (Å²) in [6, 6.07) is 1.48. The van der Waals surface area contributed by atoms with Gasteiger partial charge in [-0.15, -0.1) is 0 Å². The Kier molecular flexibility index (Phi) is 5.34. The van der Waals surface area contributed by atoms with E-state index in [1.165, 1.54) is 10.7 Å². The van der Waals surface area contributed by atoms with E-state index in [0.717, 1.165) is 12.8 Å². The number of aryl methyl sites for hydroxylation is 1. The molecule has 1 rings (SSSR count). The third-order valence-electron chi connectivity index (χ3n) is 2.54. The van der Waals surface area contributed by atoms with E-state index in [1.54, 1.807) is 6.20 Å². The van der Waals surface area contributed by atoms with E-state index in [9.17, 15) is 4.79 Å². The van der Waals surface area contributed by atoms with Gasteiger partial charge in [-0.1, -0.05) is 20.8 Å². The second-order valence-electron chi connectivity index (χ2n) is 5.55. The van der Waals surface area contributed by atoms with E-state index >= 15 is 0 Å². The second kappa shape index (κ2) is 6.54. The molecular weight excluding hydrogens is 230 g/mol. The van der Waals surface area contributed by atoms with Crippen LogP contribution in [0.3, 0.4) is 0 Å². The van der Waals surface area contributed by atoms with E-state index in [1.807, 2.05) is 0 Å². The maximum atomic E-state index is 11.8. The zero-order chi connectivity index (χ0) is 13.6. The van der Waals surface area contributed by atoms with Crippen molar-refractivity contribution in [2.45, 2.75) is 40.2 Å². The summed E-state index contributed by atoms with van der Waals surface area (Å²) in [6.07, 6.45) is 3.26. The van der Waals surface area contributed by atoms with Crippen LogP contribution in [0, 0.1) is 5.41 Å². The molecule has 0 saturated carbocycles. The standard InChI is InChI=1S/C13H23N3O2/c1-13(2,3)5-7-16-12(17)9-11(10-15-16)18-8-4-6-14/h9-10H,4-8,14H2,1-3H3. The van der Waals surface area contributed by atoms with Crippen molar-refractivity contribution < 1.29 is 4.74 Å². The van der Waals surface area contributed by atoms with Gasteiger partial charge in [-0.2, -0.15) is 5.10 Å². The van der Waals surface area contributed by atoms with Crippen molar-refractivity contribution in [3.63, 3.8) is 0 Å². The van der Waals surface area contributed by atoms with Gasteiger partial charge in [-0.25, -0.2) is 4.68 Å². The van der Waals surface area contributed by atoms with Crippen molar-refractivity contribution in [1.29, 1.82) is 0 Å². The summed E-state index contributed by atoms with van der Waals surface area (Å²) < 4.78 is 6.85. The number of hydrogen-bond donors (Lipinski definition) is 1. The summed E-state index contributed by atoms with van der Waals surface area (Å²) in [7, 11) is 0. The van der Waals surface area contributed by atoms with Crippen LogP contribution in [0.15, 0.2) is 17.1 Å². The summed E-state index contributed by atoms with van der Waals surface area (Å²) in [5.41, 5.74) is 5.44. The number of rotatable bonds is 6. The Labute approximate surface area is 108 Å². The molecule has 5 nitrogen and oxygen atoms in total. The summed E-state index contributed by atoms with van der Waals surface area (Å²) >= 11 is 0. The lowest BCUT2D eigenvalue weighted by Gasteiger charge is -2.17. The number of ether oxygens (including phenoxy) is 1. The van der Waals surface area contributed by atoms with Crippen molar-refractivity contribution in [1.82, 2.24) is 9.78 Å². The van der Waals surface area contributed by atoms with Crippen LogP contribution in [0.4, 0.5) is 0 Å². The molecule has 1 aromatic rings. The number of nitrogens with two attached hydrogens (primary N) is 1. The fraction of sp³-hybridized carbons (Fsp3) is 0.692. The van der Waals surface area contributed by atoms with Crippen LogP contribution >= 0.6 is 0 Å². The normalized spacial score (nSPS) is 11.6. The molecule has 5 heteroatoms.